The van der Waals surface area contributed by atoms with Crippen molar-refractivity contribution < 1.29 is 14.2 Å². The first kappa shape index (κ1) is 15.3. The summed E-state index contributed by atoms with van der Waals surface area (Å²) in [7, 11) is 0. The van der Waals surface area contributed by atoms with Crippen molar-refractivity contribution >= 4 is 17.1 Å². The van der Waals surface area contributed by atoms with Crippen LogP contribution in [0.1, 0.15) is 13.2 Å². The molecule has 120 valence electrons. The van der Waals surface area contributed by atoms with E-state index in [2.05, 4.69) is 32.0 Å². The number of halogens is 1. The second-order valence-corrected chi connectivity index (χ2v) is 4.99. The molecule has 2 aromatic rings. The molecule has 3 N–H and O–H groups in total. The second-order valence-electron chi connectivity index (χ2n) is 4.99. The summed E-state index contributed by atoms with van der Waals surface area (Å²) < 4.78 is 22.2. The van der Waals surface area contributed by atoms with Crippen LogP contribution < -0.4 is 5.73 Å². The average molecular weight is 320 g/mol. The molecule has 1 aliphatic heterocycles. The van der Waals surface area contributed by atoms with Crippen LogP contribution in [0.2, 0.25) is 0 Å². The molecule has 3 heterocycles. The molecule has 3 rings (SSSR count). The van der Waals surface area contributed by atoms with E-state index in [4.69, 9.17) is 10.5 Å². The van der Waals surface area contributed by atoms with E-state index in [0.717, 1.165) is 0 Å². The van der Waals surface area contributed by atoms with E-state index in [1.54, 1.807) is 0 Å². The van der Waals surface area contributed by atoms with Gasteiger partial charge in [-0.25, -0.2) is 14.4 Å². The van der Waals surface area contributed by atoms with Gasteiger partial charge in [0.25, 0.3) is 0 Å². The number of alkyl halides is 1. The van der Waals surface area contributed by atoms with E-state index in [-0.39, 0.29) is 11.6 Å². The van der Waals surface area contributed by atoms with Crippen LogP contribution in [-0.2, 0) is 4.74 Å². The first-order valence-corrected chi connectivity index (χ1v) is 6.71. The Morgan fingerprint density at radius 1 is 1.61 bits per heavy atom. The van der Waals surface area contributed by atoms with E-state index in [9.17, 15) is 10.0 Å². The maximum Gasteiger partial charge on any atom is 0.243 e. The molecular weight excluding hydrogens is 307 g/mol. The normalized spacial score (nSPS) is 30.1. The molecule has 1 fully saturated rings. The summed E-state index contributed by atoms with van der Waals surface area (Å²) in [6.07, 6.45) is 0.193. The largest absolute Gasteiger partial charge is 0.394 e. The number of nitrogens with two attached hydrogens (primary N) is 1. The van der Waals surface area contributed by atoms with E-state index in [1.807, 2.05) is 0 Å². The first-order valence-electron chi connectivity index (χ1n) is 6.71. The lowest BCUT2D eigenvalue weighted by Crippen LogP contribution is -2.40. The molecule has 0 spiro atoms. The Kier molecular flexibility index (Phi) is 3.67. The number of aliphatic hydroxyl groups is 1. The monoisotopic (exact) mass is 320 g/mol. The molecule has 23 heavy (non-hydrogen) atoms. The van der Waals surface area contributed by atoms with Gasteiger partial charge in [0.05, 0.1) is 19.1 Å². The molecule has 0 amide bonds. The van der Waals surface area contributed by atoms with Crippen LogP contribution in [0, 0.1) is 16.7 Å². The Hall–Kier alpha value is -2.64. The zero-order chi connectivity index (χ0) is 16.6. The lowest BCUT2D eigenvalue weighted by Gasteiger charge is -2.23. The van der Waals surface area contributed by atoms with Crippen molar-refractivity contribution in [3.8, 4) is 11.8 Å². The predicted molar refractivity (Wildman–Crippen MR) is 77.6 cm³/mol. The fourth-order valence-corrected chi connectivity index (χ4v) is 2.65. The lowest BCUT2D eigenvalue weighted by molar-refractivity contribution is -0.0475. The van der Waals surface area contributed by atoms with E-state index < -0.39 is 30.6 Å². The van der Waals surface area contributed by atoms with Crippen molar-refractivity contribution in [3.05, 3.63) is 17.4 Å². The third kappa shape index (κ3) is 2.21. The number of ether oxygens (including phenoxy) is 1. The topological polar surface area (TPSA) is 129 Å². The highest BCUT2D eigenvalue weighted by Crippen LogP contribution is 2.43. The SMILES string of the molecule is CC#C[C@@]1(F)C(N=O)[C@@H](CO)O[C@H]1n1cnc2cnc(N)nc21. The molecule has 4 atom stereocenters. The summed E-state index contributed by atoms with van der Waals surface area (Å²) in [5.74, 6) is 4.75. The molecule has 1 saturated heterocycles. The van der Waals surface area contributed by atoms with Crippen LogP contribution in [0.5, 0.6) is 0 Å². The van der Waals surface area contributed by atoms with Gasteiger partial charge < -0.3 is 15.6 Å². The fraction of sp³-hybridized carbons (Fsp3) is 0.462. The zero-order valence-electron chi connectivity index (χ0n) is 12.0. The highest BCUT2D eigenvalue weighted by atomic mass is 19.1. The molecule has 10 heteroatoms. The molecule has 0 radical (unpaired) electrons. The molecule has 1 unspecified atom stereocenters. The van der Waals surface area contributed by atoms with Gasteiger partial charge >= 0.3 is 0 Å². The molecule has 0 aromatic carbocycles. The van der Waals surface area contributed by atoms with E-state index >= 15 is 4.39 Å². The van der Waals surface area contributed by atoms with E-state index in [1.165, 1.54) is 24.0 Å². The summed E-state index contributed by atoms with van der Waals surface area (Å²) in [6.45, 7) is 0.854. The van der Waals surface area contributed by atoms with Gasteiger partial charge in [-0.05, 0) is 6.92 Å². The lowest BCUT2D eigenvalue weighted by atomic mass is 9.94. The highest BCUT2D eigenvalue weighted by Gasteiger charge is 2.59. The van der Waals surface area contributed by atoms with Gasteiger partial charge in [-0.1, -0.05) is 11.1 Å². The van der Waals surface area contributed by atoms with E-state index in [0.29, 0.717) is 5.52 Å². The minimum Gasteiger partial charge on any atom is -0.394 e. The molecule has 1 aliphatic rings. The number of nitrogen functional groups attached to an aromatic ring is 1. The predicted octanol–water partition coefficient (Wildman–Crippen LogP) is 0.165. The number of hydrogen-bond donors (Lipinski definition) is 2. The molecule has 2 aromatic heterocycles. The van der Waals surface area contributed by atoms with Crippen molar-refractivity contribution in [1.29, 1.82) is 0 Å². The van der Waals surface area contributed by atoms with Crippen molar-refractivity contribution in [2.24, 2.45) is 5.18 Å². The Morgan fingerprint density at radius 3 is 3.04 bits per heavy atom. The minimum absolute atomic E-state index is 0.0212. The summed E-state index contributed by atoms with van der Waals surface area (Å²) in [5.41, 5.74) is 3.72. The number of aliphatic hydroxyl groups excluding tert-OH is 1. The second kappa shape index (κ2) is 5.53. The van der Waals surface area contributed by atoms with Gasteiger partial charge in [0.1, 0.15) is 11.6 Å². The van der Waals surface area contributed by atoms with Crippen molar-refractivity contribution in [3.63, 3.8) is 0 Å². The molecular formula is C13H13FN6O3. The number of anilines is 1. The molecule has 9 nitrogen and oxygen atoms in total. The smallest absolute Gasteiger partial charge is 0.243 e. The van der Waals surface area contributed by atoms with Gasteiger partial charge in [0.2, 0.25) is 11.6 Å². The number of fused-ring (bicyclic) bond motifs is 1. The fourth-order valence-electron chi connectivity index (χ4n) is 2.65. The van der Waals surface area contributed by atoms with Gasteiger partial charge in [0.15, 0.2) is 17.9 Å². The Labute approximate surface area is 129 Å². The van der Waals surface area contributed by atoms with Crippen molar-refractivity contribution in [2.75, 3.05) is 12.3 Å². The summed E-state index contributed by atoms with van der Waals surface area (Å²) in [6, 6.07) is -1.48. The third-order valence-electron chi connectivity index (χ3n) is 3.64. The maximum absolute atomic E-state index is 15.4. The van der Waals surface area contributed by atoms with Gasteiger partial charge in [-0.2, -0.15) is 9.89 Å². The quantitative estimate of drug-likeness (QED) is 0.609. The summed E-state index contributed by atoms with van der Waals surface area (Å²) >= 11 is 0. The number of aromatic nitrogens is 4. The van der Waals surface area contributed by atoms with Crippen LogP contribution in [0.15, 0.2) is 17.7 Å². The third-order valence-corrected chi connectivity index (χ3v) is 3.64. The molecule has 0 aliphatic carbocycles. The van der Waals surface area contributed by atoms with Crippen LogP contribution >= 0.6 is 0 Å². The summed E-state index contributed by atoms with van der Waals surface area (Å²) in [5, 5.41) is 12.1. The Bertz CT molecular complexity index is 815. The van der Waals surface area contributed by atoms with Crippen LogP contribution in [0.25, 0.3) is 11.2 Å². The number of hydrogen-bond acceptors (Lipinski definition) is 8. The maximum atomic E-state index is 15.4. The number of nitroso groups, excluding NO2 is 1. The molecule has 0 bridgehead atoms. The van der Waals surface area contributed by atoms with Crippen molar-refractivity contribution in [1.82, 2.24) is 19.5 Å². The molecule has 0 saturated carbocycles. The van der Waals surface area contributed by atoms with Crippen LogP contribution in [-0.4, -0.2) is 49.0 Å². The van der Waals surface area contributed by atoms with Gasteiger partial charge in [-0.3, -0.25) is 4.57 Å². The number of nitrogens with zero attached hydrogens (tertiary/aromatic N) is 5. The Balaban J connectivity index is 2.17. The minimum atomic E-state index is -2.43. The van der Waals surface area contributed by atoms with Gasteiger partial charge in [0, 0.05) is 0 Å². The average Bonchev–Trinajstić information content (AvgIpc) is 3.05. The standard InChI is InChI=1S/C13H13FN6O3/c1-2-3-13(14)9(19-22)8(5-21)23-11(13)20-6-17-7-4-16-12(15)18-10(7)20/h4,6,8-9,11,21H,5H2,1H3,(H2,15,16,18)/t8-,9?,11-,13-/m1/s1. The van der Waals surface area contributed by atoms with Gasteiger partial charge in [-0.15, -0.1) is 5.92 Å². The highest BCUT2D eigenvalue weighted by molar-refractivity contribution is 5.70. The number of imidazole rings is 1. The first-order chi connectivity index (χ1) is 11.0. The summed E-state index contributed by atoms with van der Waals surface area (Å²) in [4.78, 5) is 22.9. The van der Waals surface area contributed by atoms with Crippen LogP contribution in [0.3, 0.4) is 0 Å². The number of rotatable bonds is 3. The zero-order valence-corrected chi connectivity index (χ0v) is 12.0. The van der Waals surface area contributed by atoms with Crippen LogP contribution in [0.4, 0.5) is 10.3 Å². The van der Waals surface area contributed by atoms with Crippen molar-refractivity contribution in [2.45, 2.75) is 31.0 Å². The Morgan fingerprint density at radius 2 is 2.39 bits per heavy atom.